The zero-order chi connectivity index (χ0) is 16.2. The number of ketones is 1. The van der Waals surface area contributed by atoms with Gasteiger partial charge in [-0.3, -0.25) is 4.79 Å². The van der Waals surface area contributed by atoms with E-state index >= 15 is 0 Å². The average Bonchev–Trinajstić information content (AvgIpc) is 2.42. The van der Waals surface area contributed by atoms with E-state index in [1.807, 2.05) is 6.08 Å². The molecule has 0 amide bonds. The number of allylic oxidation sites excluding steroid dienone is 3. The van der Waals surface area contributed by atoms with E-state index in [2.05, 4.69) is 57.5 Å². The van der Waals surface area contributed by atoms with Gasteiger partial charge in [0.05, 0.1) is 5.54 Å². The standard InChI is InChI=1S/C20H23NO/c1-12-7-15-10-19-18(9-16(15)8-17(12)14(3)22)13(2)11-20(4,5)21(19)6/h8-11H,1,7H2,2-6H3. The first-order valence-corrected chi connectivity index (χ1v) is 7.72. The minimum atomic E-state index is 0.0113. The molecule has 2 heteroatoms. The van der Waals surface area contributed by atoms with Gasteiger partial charge in [0.1, 0.15) is 0 Å². The first-order chi connectivity index (χ1) is 10.2. The fourth-order valence-corrected chi connectivity index (χ4v) is 3.48. The fraction of sp³-hybridized carbons (Fsp3) is 0.350. The highest BCUT2D eigenvalue weighted by Crippen LogP contribution is 2.41. The highest BCUT2D eigenvalue weighted by molar-refractivity contribution is 6.03. The lowest BCUT2D eigenvalue weighted by molar-refractivity contribution is -0.113. The third-order valence-electron chi connectivity index (χ3n) is 4.94. The molecule has 2 aliphatic rings. The Labute approximate surface area is 132 Å². The van der Waals surface area contributed by atoms with Gasteiger partial charge in [-0.05, 0) is 74.6 Å². The van der Waals surface area contributed by atoms with Crippen molar-refractivity contribution in [3.63, 3.8) is 0 Å². The highest BCUT2D eigenvalue weighted by atomic mass is 16.1. The number of Topliss-reactive ketones (excluding diaryl/α,β-unsaturated/α-hetero) is 1. The van der Waals surface area contributed by atoms with E-state index in [0.717, 1.165) is 23.1 Å². The average molecular weight is 293 g/mol. The lowest BCUT2D eigenvalue weighted by Gasteiger charge is -2.41. The van der Waals surface area contributed by atoms with Crippen molar-refractivity contribution in [1.29, 1.82) is 0 Å². The molecule has 0 aromatic heterocycles. The van der Waals surface area contributed by atoms with E-state index < -0.39 is 0 Å². The maximum atomic E-state index is 11.8. The van der Waals surface area contributed by atoms with Crippen LogP contribution >= 0.6 is 0 Å². The Kier molecular flexibility index (Phi) is 3.17. The second kappa shape index (κ2) is 4.70. The first kappa shape index (κ1) is 14.8. The molecule has 1 aliphatic carbocycles. The van der Waals surface area contributed by atoms with Gasteiger partial charge in [-0.15, -0.1) is 0 Å². The molecule has 0 saturated carbocycles. The van der Waals surface area contributed by atoms with E-state index in [-0.39, 0.29) is 11.3 Å². The number of carbonyl (C=O) groups excluding carboxylic acids is 1. The number of carbonyl (C=O) groups is 1. The molecule has 0 bridgehead atoms. The van der Waals surface area contributed by atoms with E-state index in [0.29, 0.717) is 0 Å². The fourth-order valence-electron chi connectivity index (χ4n) is 3.48. The third kappa shape index (κ3) is 2.14. The second-order valence-electron chi connectivity index (χ2n) is 7.00. The molecule has 22 heavy (non-hydrogen) atoms. The van der Waals surface area contributed by atoms with Gasteiger partial charge >= 0.3 is 0 Å². The van der Waals surface area contributed by atoms with Gasteiger partial charge in [0, 0.05) is 23.9 Å². The Hall–Kier alpha value is -2.09. The molecular formula is C20H23NO. The molecule has 1 aromatic carbocycles. The minimum absolute atomic E-state index is 0.0113. The topological polar surface area (TPSA) is 20.3 Å². The number of rotatable bonds is 1. The molecule has 1 heterocycles. The van der Waals surface area contributed by atoms with Crippen LogP contribution in [0.1, 0.15) is 44.4 Å². The minimum Gasteiger partial charge on any atom is -0.365 e. The summed E-state index contributed by atoms with van der Waals surface area (Å²) in [6.07, 6.45) is 5.06. The Morgan fingerprint density at radius 1 is 1.32 bits per heavy atom. The molecule has 2 nitrogen and oxygen atoms in total. The molecule has 0 fully saturated rings. The third-order valence-corrected chi connectivity index (χ3v) is 4.94. The predicted molar refractivity (Wildman–Crippen MR) is 94.1 cm³/mol. The number of nitrogens with zero attached hydrogens (tertiary/aromatic N) is 1. The molecule has 0 N–H and O–H groups in total. The van der Waals surface area contributed by atoms with E-state index in [9.17, 15) is 4.79 Å². The number of benzene rings is 1. The van der Waals surface area contributed by atoms with Crippen LogP contribution in [-0.2, 0) is 11.2 Å². The molecule has 1 aromatic rings. The summed E-state index contributed by atoms with van der Waals surface area (Å²) in [6, 6.07) is 4.49. The summed E-state index contributed by atoms with van der Waals surface area (Å²) in [5, 5.41) is 0. The van der Waals surface area contributed by atoms with Crippen molar-refractivity contribution in [3.8, 4) is 0 Å². The van der Waals surface area contributed by atoms with Crippen molar-refractivity contribution in [2.45, 2.75) is 39.7 Å². The van der Waals surface area contributed by atoms with Crippen LogP contribution in [0.4, 0.5) is 5.69 Å². The van der Waals surface area contributed by atoms with E-state index in [4.69, 9.17) is 0 Å². The number of hydrogen-bond donors (Lipinski definition) is 0. The molecular weight excluding hydrogens is 270 g/mol. The molecule has 0 saturated heterocycles. The van der Waals surface area contributed by atoms with Crippen LogP contribution in [-0.4, -0.2) is 18.4 Å². The van der Waals surface area contributed by atoms with Crippen molar-refractivity contribution in [1.82, 2.24) is 0 Å². The summed E-state index contributed by atoms with van der Waals surface area (Å²) in [5.41, 5.74) is 7.91. The molecule has 0 spiro atoms. The molecule has 1 aliphatic heterocycles. The van der Waals surface area contributed by atoms with Gasteiger partial charge in [0.15, 0.2) is 5.78 Å². The first-order valence-electron chi connectivity index (χ1n) is 7.72. The monoisotopic (exact) mass is 293 g/mol. The van der Waals surface area contributed by atoms with Crippen LogP contribution in [0, 0.1) is 0 Å². The molecule has 0 unspecified atom stereocenters. The van der Waals surface area contributed by atoms with Crippen molar-refractivity contribution in [2.24, 2.45) is 0 Å². The van der Waals surface area contributed by atoms with Gasteiger partial charge in [0.2, 0.25) is 0 Å². The maximum Gasteiger partial charge on any atom is 0.160 e. The molecule has 3 rings (SSSR count). The van der Waals surface area contributed by atoms with Gasteiger partial charge in [-0.1, -0.05) is 12.7 Å². The lowest BCUT2D eigenvalue weighted by Crippen LogP contribution is -2.42. The van der Waals surface area contributed by atoms with Crippen LogP contribution in [0.5, 0.6) is 0 Å². The summed E-state index contributed by atoms with van der Waals surface area (Å²) in [7, 11) is 2.14. The summed E-state index contributed by atoms with van der Waals surface area (Å²) >= 11 is 0. The maximum absolute atomic E-state index is 11.8. The Morgan fingerprint density at radius 2 is 2.00 bits per heavy atom. The molecule has 0 atom stereocenters. The van der Waals surface area contributed by atoms with Crippen LogP contribution in [0.25, 0.3) is 11.6 Å². The summed E-state index contributed by atoms with van der Waals surface area (Å²) in [6.45, 7) is 12.3. The normalized spacial score (nSPS) is 19.1. The molecule has 0 radical (unpaired) electrons. The van der Waals surface area contributed by atoms with Gasteiger partial charge in [-0.2, -0.15) is 0 Å². The van der Waals surface area contributed by atoms with Crippen molar-refractivity contribution in [2.75, 3.05) is 11.9 Å². The van der Waals surface area contributed by atoms with Crippen LogP contribution in [0.3, 0.4) is 0 Å². The predicted octanol–water partition coefficient (Wildman–Crippen LogP) is 4.40. The Balaban J connectivity index is 2.21. The zero-order valence-electron chi connectivity index (χ0n) is 14.1. The Bertz CT molecular complexity index is 762. The van der Waals surface area contributed by atoms with Crippen molar-refractivity contribution in [3.05, 3.63) is 52.6 Å². The summed E-state index contributed by atoms with van der Waals surface area (Å²) < 4.78 is 0. The second-order valence-corrected chi connectivity index (χ2v) is 7.00. The largest absolute Gasteiger partial charge is 0.365 e. The Morgan fingerprint density at radius 3 is 2.64 bits per heavy atom. The van der Waals surface area contributed by atoms with E-state index in [1.165, 1.54) is 22.4 Å². The highest BCUT2D eigenvalue weighted by Gasteiger charge is 2.30. The van der Waals surface area contributed by atoms with Crippen molar-refractivity contribution < 1.29 is 4.79 Å². The number of hydrogen-bond acceptors (Lipinski definition) is 2. The van der Waals surface area contributed by atoms with Gasteiger partial charge in [-0.25, -0.2) is 0 Å². The van der Waals surface area contributed by atoms with Crippen molar-refractivity contribution >= 4 is 23.1 Å². The van der Waals surface area contributed by atoms with Gasteiger partial charge in [0.25, 0.3) is 0 Å². The van der Waals surface area contributed by atoms with Crippen LogP contribution in [0.15, 0.2) is 35.9 Å². The SMILES string of the molecule is C=C1Cc2cc3c(cc2C=C1C(C)=O)C(C)=CC(C)(C)N3C. The lowest BCUT2D eigenvalue weighted by atomic mass is 9.82. The van der Waals surface area contributed by atoms with E-state index in [1.54, 1.807) is 6.92 Å². The quantitative estimate of drug-likeness (QED) is 0.764. The zero-order valence-corrected chi connectivity index (χ0v) is 14.1. The van der Waals surface area contributed by atoms with Crippen LogP contribution in [0.2, 0.25) is 0 Å². The molecule has 114 valence electrons. The number of likely N-dealkylation sites (N-methyl/N-ethyl adjacent to an activating group) is 1. The number of fused-ring (bicyclic) bond motifs is 2. The number of anilines is 1. The van der Waals surface area contributed by atoms with Crippen LogP contribution < -0.4 is 4.90 Å². The smallest absolute Gasteiger partial charge is 0.160 e. The summed E-state index contributed by atoms with van der Waals surface area (Å²) in [5.74, 6) is 0.0962. The summed E-state index contributed by atoms with van der Waals surface area (Å²) in [4.78, 5) is 14.1. The van der Waals surface area contributed by atoms with Gasteiger partial charge < -0.3 is 4.90 Å².